The van der Waals surface area contributed by atoms with Crippen molar-refractivity contribution in [3.05, 3.63) is 30.3 Å². The summed E-state index contributed by atoms with van der Waals surface area (Å²) in [6, 6.07) is 11.1. The van der Waals surface area contributed by atoms with Crippen LogP contribution in [0.4, 0.5) is 0 Å². The SMILES string of the molecule is CC(CNC1CCOC1)Sc1ccccc1. The van der Waals surface area contributed by atoms with Gasteiger partial charge < -0.3 is 10.1 Å². The minimum absolute atomic E-state index is 0.568. The normalized spacial score (nSPS) is 22.2. The van der Waals surface area contributed by atoms with Gasteiger partial charge in [0.05, 0.1) is 6.61 Å². The van der Waals surface area contributed by atoms with Gasteiger partial charge in [0.1, 0.15) is 0 Å². The van der Waals surface area contributed by atoms with E-state index in [1.807, 2.05) is 11.8 Å². The van der Waals surface area contributed by atoms with Crippen molar-refractivity contribution in [3.63, 3.8) is 0 Å². The van der Waals surface area contributed by atoms with Crippen LogP contribution in [0.1, 0.15) is 13.3 Å². The van der Waals surface area contributed by atoms with Gasteiger partial charge in [-0.3, -0.25) is 0 Å². The molecule has 3 heteroatoms. The van der Waals surface area contributed by atoms with Crippen LogP contribution in [0.15, 0.2) is 35.2 Å². The molecule has 2 nitrogen and oxygen atoms in total. The van der Waals surface area contributed by atoms with Crippen molar-refractivity contribution >= 4 is 11.8 Å². The summed E-state index contributed by atoms with van der Waals surface area (Å²) in [5.41, 5.74) is 0. The molecule has 0 spiro atoms. The van der Waals surface area contributed by atoms with Crippen molar-refractivity contribution in [2.24, 2.45) is 0 Å². The van der Waals surface area contributed by atoms with Crippen LogP contribution in [-0.2, 0) is 4.74 Å². The quantitative estimate of drug-likeness (QED) is 0.795. The monoisotopic (exact) mass is 237 g/mol. The Labute approximate surface area is 102 Å². The molecule has 2 rings (SSSR count). The molecule has 0 amide bonds. The van der Waals surface area contributed by atoms with Gasteiger partial charge in [-0.05, 0) is 18.6 Å². The maximum Gasteiger partial charge on any atom is 0.0620 e. The second kappa shape index (κ2) is 6.28. The fraction of sp³-hybridized carbons (Fsp3) is 0.538. The van der Waals surface area contributed by atoms with E-state index >= 15 is 0 Å². The minimum Gasteiger partial charge on any atom is -0.380 e. The molecule has 1 aliphatic heterocycles. The predicted molar refractivity (Wildman–Crippen MR) is 69.0 cm³/mol. The van der Waals surface area contributed by atoms with Gasteiger partial charge in [0, 0.05) is 29.3 Å². The summed E-state index contributed by atoms with van der Waals surface area (Å²) >= 11 is 1.92. The average Bonchev–Trinajstić information content (AvgIpc) is 2.81. The van der Waals surface area contributed by atoms with Crippen molar-refractivity contribution in [1.82, 2.24) is 5.32 Å². The van der Waals surface area contributed by atoms with Gasteiger partial charge in [-0.25, -0.2) is 0 Å². The molecular weight excluding hydrogens is 218 g/mol. The summed E-state index contributed by atoms with van der Waals surface area (Å²) in [6.45, 7) is 5.11. The van der Waals surface area contributed by atoms with E-state index in [2.05, 4.69) is 42.6 Å². The lowest BCUT2D eigenvalue weighted by atomic mass is 10.2. The first-order valence-electron chi connectivity index (χ1n) is 5.87. The first-order valence-corrected chi connectivity index (χ1v) is 6.75. The van der Waals surface area contributed by atoms with E-state index in [9.17, 15) is 0 Å². The zero-order valence-corrected chi connectivity index (χ0v) is 10.5. The van der Waals surface area contributed by atoms with E-state index in [0.29, 0.717) is 11.3 Å². The third kappa shape index (κ3) is 3.81. The molecule has 2 atom stereocenters. The first-order chi connectivity index (χ1) is 7.84. The molecule has 0 aliphatic carbocycles. The Morgan fingerprint density at radius 1 is 1.44 bits per heavy atom. The Morgan fingerprint density at radius 3 is 2.94 bits per heavy atom. The van der Waals surface area contributed by atoms with Crippen LogP contribution in [0, 0.1) is 0 Å². The topological polar surface area (TPSA) is 21.3 Å². The summed E-state index contributed by atoms with van der Waals surface area (Å²) in [4.78, 5) is 1.35. The van der Waals surface area contributed by atoms with Gasteiger partial charge in [0.15, 0.2) is 0 Å². The number of rotatable bonds is 5. The molecular formula is C13H19NOS. The van der Waals surface area contributed by atoms with E-state index in [0.717, 1.165) is 26.2 Å². The van der Waals surface area contributed by atoms with Crippen molar-refractivity contribution in [3.8, 4) is 0 Å². The Hall–Kier alpha value is -0.510. The molecule has 88 valence electrons. The van der Waals surface area contributed by atoms with Crippen LogP contribution in [0.25, 0.3) is 0 Å². The summed E-state index contributed by atoms with van der Waals surface area (Å²) in [6.07, 6.45) is 1.16. The van der Waals surface area contributed by atoms with Crippen LogP contribution >= 0.6 is 11.8 Å². The lowest BCUT2D eigenvalue weighted by Gasteiger charge is -2.15. The fourth-order valence-electron chi connectivity index (χ4n) is 1.80. The molecule has 1 fully saturated rings. The molecule has 1 aromatic carbocycles. The second-order valence-corrected chi connectivity index (χ2v) is 5.72. The van der Waals surface area contributed by atoms with Crippen LogP contribution in [0.5, 0.6) is 0 Å². The Balaban J connectivity index is 1.69. The third-order valence-electron chi connectivity index (χ3n) is 2.70. The Kier molecular flexibility index (Phi) is 4.69. The number of benzene rings is 1. The predicted octanol–water partition coefficient (Wildman–Crippen LogP) is 2.55. The molecule has 0 saturated carbocycles. The zero-order valence-electron chi connectivity index (χ0n) is 9.69. The minimum atomic E-state index is 0.568. The maximum atomic E-state index is 5.34. The van der Waals surface area contributed by atoms with Crippen molar-refractivity contribution in [1.29, 1.82) is 0 Å². The van der Waals surface area contributed by atoms with E-state index in [1.165, 1.54) is 4.90 Å². The van der Waals surface area contributed by atoms with Crippen molar-refractivity contribution in [2.45, 2.75) is 29.5 Å². The first kappa shape index (κ1) is 12.0. The molecule has 1 aromatic rings. The molecule has 1 saturated heterocycles. The van der Waals surface area contributed by atoms with Crippen LogP contribution in [0.2, 0.25) is 0 Å². The number of nitrogens with one attached hydrogen (secondary N) is 1. The van der Waals surface area contributed by atoms with Crippen molar-refractivity contribution in [2.75, 3.05) is 19.8 Å². The van der Waals surface area contributed by atoms with Crippen LogP contribution in [0.3, 0.4) is 0 Å². The van der Waals surface area contributed by atoms with Crippen LogP contribution in [-0.4, -0.2) is 31.1 Å². The average molecular weight is 237 g/mol. The maximum absolute atomic E-state index is 5.34. The molecule has 0 bridgehead atoms. The number of ether oxygens (including phenoxy) is 1. The lowest BCUT2D eigenvalue weighted by Crippen LogP contribution is -2.33. The number of thioether (sulfide) groups is 1. The number of hydrogen-bond acceptors (Lipinski definition) is 3. The van der Waals surface area contributed by atoms with E-state index < -0.39 is 0 Å². The van der Waals surface area contributed by atoms with E-state index in [-0.39, 0.29) is 0 Å². The highest BCUT2D eigenvalue weighted by Gasteiger charge is 2.15. The highest BCUT2D eigenvalue weighted by Crippen LogP contribution is 2.22. The zero-order chi connectivity index (χ0) is 11.2. The summed E-state index contributed by atoms with van der Waals surface area (Å²) in [5, 5.41) is 4.16. The third-order valence-corrected chi connectivity index (χ3v) is 3.82. The molecule has 1 heterocycles. The van der Waals surface area contributed by atoms with Gasteiger partial charge in [-0.2, -0.15) is 0 Å². The van der Waals surface area contributed by atoms with E-state index in [1.54, 1.807) is 0 Å². The standard InChI is InChI=1S/C13H19NOS/c1-11(9-14-12-7-8-15-10-12)16-13-5-3-2-4-6-13/h2-6,11-12,14H,7-10H2,1H3. The van der Waals surface area contributed by atoms with Crippen molar-refractivity contribution < 1.29 is 4.74 Å². The lowest BCUT2D eigenvalue weighted by molar-refractivity contribution is 0.190. The van der Waals surface area contributed by atoms with Crippen LogP contribution < -0.4 is 5.32 Å². The Morgan fingerprint density at radius 2 is 2.25 bits per heavy atom. The highest BCUT2D eigenvalue weighted by molar-refractivity contribution is 8.00. The van der Waals surface area contributed by atoms with E-state index in [4.69, 9.17) is 4.74 Å². The molecule has 1 aliphatic rings. The summed E-state index contributed by atoms with van der Waals surface area (Å²) in [5.74, 6) is 0. The van der Waals surface area contributed by atoms with Gasteiger partial charge in [-0.1, -0.05) is 25.1 Å². The fourth-order valence-corrected chi connectivity index (χ4v) is 2.76. The van der Waals surface area contributed by atoms with Gasteiger partial charge >= 0.3 is 0 Å². The molecule has 0 aromatic heterocycles. The van der Waals surface area contributed by atoms with Gasteiger partial charge in [0.25, 0.3) is 0 Å². The molecule has 1 N–H and O–H groups in total. The second-order valence-electron chi connectivity index (χ2n) is 4.21. The molecule has 0 radical (unpaired) electrons. The Bertz CT molecular complexity index is 298. The molecule has 2 unspecified atom stereocenters. The molecule has 16 heavy (non-hydrogen) atoms. The number of hydrogen-bond donors (Lipinski definition) is 1. The summed E-state index contributed by atoms with van der Waals surface area (Å²) < 4.78 is 5.34. The highest BCUT2D eigenvalue weighted by atomic mass is 32.2. The summed E-state index contributed by atoms with van der Waals surface area (Å²) in [7, 11) is 0. The largest absolute Gasteiger partial charge is 0.380 e. The smallest absolute Gasteiger partial charge is 0.0620 e. The van der Waals surface area contributed by atoms with Gasteiger partial charge in [0.2, 0.25) is 0 Å². The van der Waals surface area contributed by atoms with Gasteiger partial charge in [-0.15, -0.1) is 11.8 Å².